The molecule has 0 spiro atoms. The fourth-order valence-electron chi connectivity index (χ4n) is 4.16. The molecule has 0 aliphatic carbocycles. The van der Waals surface area contributed by atoms with Crippen molar-refractivity contribution in [1.82, 2.24) is 9.80 Å². The fraction of sp³-hybridized carbons (Fsp3) is 0.440. The quantitative estimate of drug-likeness (QED) is 0.724. The van der Waals surface area contributed by atoms with Crippen LogP contribution in [0.25, 0.3) is 0 Å². The third kappa shape index (κ3) is 5.76. The first-order valence-electron chi connectivity index (χ1n) is 11.3. The maximum atomic E-state index is 12.9. The summed E-state index contributed by atoms with van der Waals surface area (Å²) >= 11 is 0. The minimum atomic E-state index is -0.118. The third-order valence-corrected chi connectivity index (χ3v) is 5.75. The predicted molar refractivity (Wildman–Crippen MR) is 125 cm³/mol. The summed E-state index contributed by atoms with van der Waals surface area (Å²) < 4.78 is 16.9. The van der Waals surface area contributed by atoms with Crippen LogP contribution in [0, 0.1) is 0 Å². The standard InChI is InChI=1S/C25H31N3O5/c1-17(2)33-21-7-4-19(5-8-21)22-15-27(18(3)29)10-11-28(22)16-25(30)26-20-6-9-23-24(14-20)32-13-12-31-23/h4-9,14,17,22H,10-13,15-16H2,1-3H3,(H,26,30)/t22-/m0/s1. The number of nitrogens with one attached hydrogen (secondary N) is 1. The number of benzene rings is 2. The number of hydrogen-bond donors (Lipinski definition) is 1. The summed E-state index contributed by atoms with van der Waals surface area (Å²) in [5.74, 6) is 2.05. The lowest BCUT2D eigenvalue weighted by Crippen LogP contribution is -2.51. The van der Waals surface area contributed by atoms with Gasteiger partial charge in [-0.3, -0.25) is 14.5 Å². The Hall–Kier alpha value is -3.26. The number of rotatable bonds is 6. The van der Waals surface area contributed by atoms with E-state index < -0.39 is 0 Å². The Bertz CT molecular complexity index is 992. The normalized spacial score (nSPS) is 18.2. The lowest BCUT2D eigenvalue weighted by molar-refractivity contribution is -0.132. The largest absolute Gasteiger partial charge is 0.491 e. The maximum absolute atomic E-state index is 12.9. The van der Waals surface area contributed by atoms with E-state index in [0.717, 1.165) is 11.3 Å². The molecule has 0 bridgehead atoms. The third-order valence-electron chi connectivity index (χ3n) is 5.75. The topological polar surface area (TPSA) is 80.3 Å². The van der Waals surface area contributed by atoms with Gasteiger partial charge in [-0.05, 0) is 43.7 Å². The molecule has 0 unspecified atom stereocenters. The van der Waals surface area contributed by atoms with E-state index in [1.165, 1.54) is 0 Å². The van der Waals surface area contributed by atoms with Gasteiger partial charge in [0.05, 0.1) is 18.7 Å². The van der Waals surface area contributed by atoms with Crippen molar-refractivity contribution in [2.24, 2.45) is 0 Å². The van der Waals surface area contributed by atoms with Gasteiger partial charge in [-0.25, -0.2) is 0 Å². The van der Waals surface area contributed by atoms with E-state index in [1.54, 1.807) is 19.1 Å². The summed E-state index contributed by atoms with van der Waals surface area (Å²) in [5.41, 5.74) is 1.71. The Morgan fingerprint density at radius 3 is 2.48 bits per heavy atom. The van der Waals surface area contributed by atoms with Gasteiger partial charge in [0.15, 0.2) is 11.5 Å². The molecule has 2 heterocycles. The Balaban J connectivity index is 1.46. The SMILES string of the molecule is CC(=O)N1CCN(CC(=O)Nc2ccc3c(c2)OCCO3)[C@H](c2ccc(OC(C)C)cc2)C1. The van der Waals surface area contributed by atoms with Crippen LogP contribution in [0.15, 0.2) is 42.5 Å². The summed E-state index contributed by atoms with van der Waals surface area (Å²) in [6.07, 6.45) is 0.0967. The van der Waals surface area contributed by atoms with Gasteiger partial charge in [0.25, 0.3) is 0 Å². The van der Waals surface area contributed by atoms with Crippen LogP contribution >= 0.6 is 0 Å². The Labute approximate surface area is 194 Å². The van der Waals surface area contributed by atoms with Crippen molar-refractivity contribution < 1.29 is 23.8 Å². The number of anilines is 1. The van der Waals surface area contributed by atoms with Crippen LogP contribution in [0.3, 0.4) is 0 Å². The van der Waals surface area contributed by atoms with Crippen LogP contribution in [0.5, 0.6) is 17.2 Å². The van der Waals surface area contributed by atoms with Crippen molar-refractivity contribution in [3.63, 3.8) is 0 Å². The Kier molecular flexibility index (Phi) is 7.03. The number of fused-ring (bicyclic) bond motifs is 1. The highest BCUT2D eigenvalue weighted by molar-refractivity contribution is 5.92. The van der Waals surface area contributed by atoms with Gasteiger partial charge < -0.3 is 24.4 Å². The molecule has 1 saturated heterocycles. The molecule has 2 amide bonds. The zero-order valence-electron chi connectivity index (χ0n) is 19.4. The summed E-state index contributed by atoms with van der Waals surface area (Å²) in [4.78, 5) is 28.9. The minimum Gasteiger partial charge on any atom is -0.491 e. The molecular weight excluding hydrogens is 422 g/mol. The summed E-state index contributed by atoms with van der Waals surface area (Å²) in [6, 6.07) is 13.2. The van der Waals surface area contributed by atoms with Crippen LogP contribution in [0.1, 0.15) is 32.4 Å². The zero-order chi connectivity index (χ0) is 23.4. The maximum Gasteiger partial charge on any atom is 0.238 e. The van der Waals surface area contributed by atoms with Crippen molar-refractivity contribution in [3.05, 3.63) is 48.0 Å². The first-order valence-corrected chi connectivity index (χ1v) is 11.3. The van der Waals surface area contributed by atoms with Crippen molar-refractivity contribution in [3.8, 4) is 17.2 Å². The van der Waals surface area contributed by atoms with Crippen LogP contribution < -0.4 is 19.5 Å². The first kappa shape index (κ1) is 22.9. The monoisotopic (exact) mass is 453 g/mol. The summed E-state index contributed by atoms with van der Waals surface area (Å²) in [5, 5.41) is 2.96. The number of nitrogens with zero attached hydrogens (tertiary/aromatic N) is 2. The Morgan fingerprint density at radius 1 is 1.06 bits per heavy atom. The van der Waals surface area contributed by atoms with E-state index in [9.17, 15) is 9.59 Å². The summed E-state index contributed by atoms with van der Waals surface area (Å²) in [7, 11) is 0. The number of carbonyl (C=O) groups is 2. The molecule has 0 aromatic heterocycles. The zero-order valence-corrected chi connectivity index (χ0v) is 19.4. The van der Waals surface area contributed by atoms with Crippen molar-refractivity contribution in [2.75, 3.05) is 44.7 Å². The second-order valence-corrected chi connectivity index (χ2v) is 8.59. The van der Waals surface area contributed by atoms with Gasteiger partial charge in [-0.1, -0.05) is 12.1 Å². The number of ether oxygens (including phenoxy) is 3. The molecular formula is C25H31N3O5. The number of amides is 2. The van der Waals surface area contributed by atoms with Crippen LogP contribution in [0.4, 0.5) is 5.69 Å². The van der Waals surface area contributed by atoms with Crippen LogP contribution in [0.2, 0.25) is 0 Å². The van der Waals surface area contributed by atoms with Crippen molar-refractivity contribution in [2.45, 2.75) is 32.9 Å². The molecule has 8 heteroatoms. The Morgan fingerprint density at radius 2 is 1.79 bits per heavy atom. The van der Waals surface area contributed by atoms with E-state index in [2.05, 4.69) is 10.2 Å². The highest BCUT2D eigenvalue weighted by atomic mass is 16.6. The van der Waals surface area contributed by atoms with E-state index >= 15 is 0 Å². The predicted octanol–water partition coefficient (Wildman–Crippen LogP) is 3.09. The lowest BCUT2D eigenvalue weighted by Gasteiger charge is -2.41. The second-order valence-electron chi connectivity index (χ2n) is 8.59. The molecule has 2 aromatic rings. The smallest absolute Gasteiger partial charge is 0.238 e. The average molecular weight is 454 g/mol. The second kappa shape index (κ2) is 10.1. The molecule has 1 N–H and O–H groups in total. The highest BCUT2D eigenvalue weighted by Gasteiger charge is 2.30. The molecule has 33 heavy (non-hydrogen) atoms. The van der Waals surface area contributed by atoms with Gasteiger partial charge in [0.1, 0.15) is 19.0 Å². The number of hydrogen-bond acceptors (Lipinski definition) is 6. The average Bonchev–Trinajstić information content (AvgIpc) is 2.79. The van der Waals surface area contributed by atoms with E-state index in [1.807, 2.05) is 49.1 Å². The van der Waals surface area contributed by atoms with Crippen molar-refractivity contribution >= 4 is 17.5 Å². The van der Waals surface area contributed by atoms with Crippen LogP contribution in [-0.2, 0) is 9.59 Å². The van der Waals surface area contributed by atoms with Gasteiger partial charge in [0.2, 0.25) is 11.8 Å². The highest BCUT2D eigenvalue weighted by Crippen LogP contribution is 2.33. The minimum absolute atomic E-state index is 0.0418. The van der Waals surface area contributed by atoms with Gasteiger partial charge >= 0.3 is 0 Å². The van der Waals surface area contributed by atoms with Crippen LogP contribution in [-0.4, -0.2) is 67.1 Å². The number of piperazine rings is 1. The molecule has 1 atom stereocenters. The van der Waals surface area contributed by atoms with E-state index in [0.29, 0.717) is 50.0 Å². The molecule has 2 aliphatic heterocycles. The first-order chi connectivity index (χ1) is 15.9. The molecule has 176 valence electrons. The van der Waals surface area contributed by atoms with Gasteiger partial charge in [-0.2, -0.15) is 0 Å². The van der Waals surface area contributed by atoms with Crippen molar-refractivity contribution in [1.29, 1.82) is 0 Å². The van der Waals surface area contributed by atoms with E-state index in [4.69, 9.17) is 14.2 Å². The van der Waals surface area contributed by atoms with E-state index in [-0.39, 0.29) is 30.5 Å². The summed E-state index contributed by atoms with van der Waals surface area (Å²) in [6.45, 7) is 8.54. The molecule has 0 radical (unpaired) electrons. The fourth-order valence-corrected chi connectivity index (χ4v) is 4.16. The number of carbonyl (C=O) groups excluding carboxylic acids is 2. The van der Waals surface area contributed by atoms with Gasteiger partial charge in [0, 0.05) is 38.3 Å². The lowest BCUT2D eigenvalue weighted by atomic mass is 10.0. The molecule has 1 fully saturated rings. The molecule has 4 rings (SSSR count). The molecule has 0 saturated carbocycles. The molecule has 2 aromatic carbocycles. The van der Waals surface area contributed by atoms with Gasteiger partial charge in [-0.15, -0.1) is 0 Å². The molecule has 2 aliphatic rings. The molecule has 8 nitrogen and oxygen atoms in total.